The summed E-state index contributed by atoms with van der Waals surface area (Å²) in [5, 5.41) is 0. The minimum Gasteiger partial charge on any atom is -0.399 e. The van der Waals surface area contributed by atoms with Crippen LogP contribution in [0.15, 0.2) is 24.3 Å². The second-order valence-electron chi connectivity index (χ2n) is 5.22. The second kappa shape index (κ2) is 6.56. The van der Waals surface area contributed by atoms with Gasteiger partial charge in [-0.3, -0.25) is 0 Å². The van der Waals surface area contributed by atoms with Gasteiger partial charge in [-0.25, -0.2) is 13.1 Å². The predicted molar refractivity (Wildman–Crippen MR) is 79.6 cm³/mol. The summed E-state index contributed by atoms with van der Waals surface area (Å²) in [6.45, 7) is 3.23. The van der Waals surface area contributed by atoms with Crippen molar-refractivity contribution >= 4 is 15.7 Å². The third-order valence-corrected chi connectivity index (χ3v) is 4.94. The van der Waals surface area contributed by atoms with Crippen molar-refractivity contribution in [3.8, 4) is 0 Å². The van der Waals surface area contributed by atoms with E-state index in [2.05, 4.69) is 11.6 Å². The number of rotatable bonds is 6. The summed E-state index contributed by atoms with van der Waals surface area (Å²) in [5.74, 6) is 0.234. The maximum atomic E-state index is 12.1. The number of nitrogens with two attached hydrogens (primary N) is 1. The number of nitrogens with one attached hydrogen (secondary N) is 1. The van der Waals surface area contributed by atoms with Crippen LogP contribution in [-0.2, 0) is 20.5 Å². The molecular formula is C14H22N2O3S. The molecule has 2 atom stereocenters. The molecule has 112 valence electrons. The molecule has 0 radical (unpaired) electrons. The van der Waals surface area contributed by atoms with Crippen LogP contribution in [0, 0.1) is 5.92 Å². The van der Waals surface area contributed by atoms with Gasteiger partial charge in [-0.15, -0.1) is 0 Å². The van der Waals surface area contributed by atoms with E-state index in [1.165, 1.54) is 0 Å². The van der Waals surface area contributed by atoms with Crippen molar-refractivity contribution in [2.24, 2.45) is 5.92 Å². The third-order valence-electron chi connectivity index (χ3n) is 3.62. The van der Waals surface area contributed by atoms with E-state index in [4.69, 9.17) is 10.5 Å². The Morgan fingerprint density at radius 1 is 1.45 bits per heavy atom. The first-order valence-electron chi connectivity index (χ1n) is 6.93. The highest BCUT2D eigenvalue weighted by molar-refractivity contribution is 7.88. The minimum atomic E-state index is -3.33. The quantitative estimate of drug-likeness (QED) is 0.780. The lowest BCUT2D eigenvalue weighted by Gasteiger charge is -2.17. The molecule has 1 aliphatic heterocycles. The Balaban J connectivity index is 1.91. The molecule has 0 aliphatic carbocycles. The molecule has 1 heterocycles. The average molecular weight is 298 g/mol. The molecule has 6 heteroatoms. The van der Waals surface area contributed by atoms with Crippen molar-refractivity contribution in [1.29, 1.82) is 0 Å². The van der Waals surface area contributed by atoms with Crippen LogP contribution >= 0.6 is 0 Å². The Morgan fingerprint density at radius 2 is 2.25 bits per heavy atom. The summed E-state index contributed by atoms with van der Waals surface area (Å²) in [7, 11) is -3.33. The number of sulfonamides is 1. The van der Waals surface area contributed by atoms with Gasteiger partial charge < -0.3 is 10.5 Å². The number of hydrogen-bond acceptors (Lipinski definition) is 4. The first-order valence-corrected chi connectivity index (χ1v) is 8.59. The molecule has 0 spiro atoms. The van der Waals surface area contributed by atoms with E-state index >= 15 is 0 Å². The van der Waals surface area contributed by atoms with Crippen LogP contribution in [0.3, 0.4) is 0 Å². The SMILES string of the molecule is CCC1OCCC1CNS(=O)(=O)Cc1cccc(N)c1. The zero-order chi connectivity index (χ0) is 14.6. The predicted octanol–water partition coefficient (Wildman–Crippen LogP) is 1.50. The van der Waals surface area contributed by atoms with Gasteiger partial charge >= 0.3 is 0 Å². The summed E-state index contributed by atoms with van der Waals surface area (Å²) >= 11 is 0. The zero-order valence-electron chi connectivity index (χ0n) is 11.7. The van der Waals surface area contributed by atoms with E-state index in [9.17, 15) is 8.42 Å². The molecule has 5 nitrogen and oxygen atoms in total. The maximum Gasteiger partial charge on any atom is 0.215 e. The molecule has 0 aromatic heterocycles. The molecule has 0 amide bonds. The third kappa shape index (κ3) is 4.19. The van der Waals surface area contributed by atoms with E-state index in [-0.39, 0.29) is 17.8 Å². The number of nitrogen functional groups attached to an aromatic ring is 1. The van der Waals surface area contributed by atoms with Crippen LogP contribution in [-0.4, -0.2) is 27.7 Å². The maximum absolute atomic E-state index is 12.1. The molecular weight excluding hydrogens is 276 g/mol. The normalized spacial score (nSPS) is 23.1. The van der Waals surface area contributed by atoms with E-state index in [1.807, 2.05) is 0 Å². The Kier molecular flexibility index (Phi) is 5.01. The molecule has 1 aromatic carbocycles. The first kappa shape index (κ1) is 15.3. The highest BCUT2D eigenvalue weighted by Gasteiger charge is 2.27. The van der Waals surface area contributed by atoms with Crippen LogP contribution in [0.1, 0.15) is 25.3 Å². The lowest BCUT2D eigenvalue weighted by molar-refractivity contribution is 0.0884. The van der Waals surface area contributed by atoms with E-state index in [0.29, 0.717) is 17.8 Å². The van der Waals surface area contributed by atoms with E-state index in [0.717, 1.165) is 19.4 Å². The summed E-state index contributed by atoms with van der Waals surface area (Å²) < 4.78 is 32.4. The second-order valence-corrected chi connectivity index (χ2v) is 7.03. The molecule has 3 N–H and O–H groups in total. The van der Waals surface area contributed by atoms with Crippen LogP contribution < -0.4 is 10.5 Å². The molecule has 20 heavy (non-hydrogen) atoms. The van der Waals surface area contributed by atoms with Crippen molar-refractivity contribution in [1.82, 2.24) is 4.72 Å². The van der Waals surface area contributed by atoms with Gasteiger partial charge in [0.1, 0.15) is 0 Å². The molecule has 2 rings (SSSR count). The Morgan fingerprint density at radius 3 is 2.95 bits per heavy atom. The molecule has 0 bridgehead atoms. The van der Waals surface area contributed by atoms with Gasteiger partial charge in [-0.05, 0) is 30.5 Å². The van der Waals surface area contributed by atoms with Crippen LogP contribution in [0.25, 0.3) is 0 Å². The lowest BCUT2D eigenvalue weighted by Crippen LogP contribution is -2.33. The van der Waals surface area contributed by atoms with Crippen molar-refractivity contribution < 1.29 is 13.2 Å². The smallest absolute Gasteiger partial charge is 0.215 e. The highest BCUT2D eigenvalue weighted by atomic mass is 32.2. The van der Waals surface area contributed by atoms with E-state index < -0.39 is 10.0 Å². The molecule has 1 aromatic rings. The summed E-state index contributed by atoms with van der Waals surface area (Å²) in [6.07, 6.45) is 2.01. The van der Waals surface area contributed by atoms with Gasteiger partial charge in [0.05, 0.1) is 11.9 Å². The minimum absolute atomic E-state index is 0.0393. The number of ether oxygens (including phenoxy) is 1. The van der Waals surface area contributed by atoms with Gasteiger partial charge in [-0.2, -0.15) is 0 Å². The van der Waals surface area contributed by atoms with Gasteiger partial charge in [0.25, 0.3) is 0 Å². The number of anilines is 1. The van der Waals surface area contributed by atoms with Crippen molar-refractivity contribution in [2.45, 2.75) is 31.6 Å². The summed E-state index contributed by atoms with van der Waals surface area (Å²) in [5.41, 5.74) is 6.93. The Hall–Kier alpha value is -1.11. The van der Waals surface area contributed by atoms with Gasteiger partial charge in [-0.1, -0.05) is 19.1 Å². The fourth-order valence-corrected chi connectivity index (χ4v) is 3.75. The van der Waals surface area contributed by atoms with E-state index in [1.54, 1.807) is 24.3 Å². The van der Waals surface area contributed by atoms with Gasteiger partial charge in [0.2, 0.25) is 10.0 Å². The highest BCUT2D eigenvalue weighted by Crippen LogP contribution is 2.22. The van der Waals surface area contributed by atoms with Crippen LogP contribution in [0.2, 0.25) is 0 Å². The fourth-order valence-electron chi connectivity index (χ4n) is 2.56. The van der Waals surface area contributed by atoms with Crippen molar-refractivity contribution in [3.63, 3.8) is 0 Å². The Bertz CT molecular complexity index is 545. The zero-order valence-corrected chi connectivity index (χ0v) is 12.5. The molecule has 1 fully saturated rings. The molecule has 0 saturated carbocycles. The number of benzene rings is 1. The monoisotopic (exact) mass is 298 g/mol. The van der Waals surface area contributed by atoms with Crippen LogP contribution in [0.4, 0.5) is 5.69 Å². The van der Waals surface area contributed by atoms with Crippen molar-refractivity contribution in [2.75, 3.05) is 18.9 Å². The summed E-state index contributed by atoms with van der Waals surface area (Å²) in [4.78, 5) is 0. The molecule has 2 unspecified atom stereocenters. The first-order chi connectivity index (χ1) is 9.50. The molecule has 1 aliphatic rings. The Labute approximate surface area is 120 Å². The van der Waals surface area contributed by atoms with Crippen molar-refractivity contribution in [3.05, 3.63) is 29.8 Å². The molecule has 1 saturated heterocycles. The van der Waals surface area contributed by atoms with Gasteiger partial charge in [0.15, 0.2) is 0 Å². The van der Waals surface area contributed by atoms with Crippen LogP contribution in [0.5, 0.6) is 0 Å². The standard InChI is InChI=1S/C14H22N2O3S/c1-2-14-12(6-7-19-14)9-16-20(17,18)10-11-4-3-5-13(15)8-11/h3-5,8,12,14,16H,2,6-7,9-10,15H2,1H3. The average Bonchev–Trinajstić information content (AvgIpc) is 2.83. The topological polar surface area (TPSA) is 81.4 Å². The number of hydrogen-bond donors (Lipinski definition) is 2. The lowest BCUT2D eigenvalue weighted by atomic mass is 10.0. The fraction of sp³-hybridized carbons (Fsp3) is 0.571. The largest absolute Gasteiger partial charge is 0.399 e. The van der Waals surface area contributed by atoms with Gasteiger partial charge in [0, 0.05) is 24.8 Å². The summed E-state index contributed by atoms with van der Waals surface area (Å²) in [6, 6.07) is 6.96.